The zero-order chi connectivity index (χ0) is 14.5. The molecule has 0 aromatic heterocycles. The zero-order valence-electron chi connectivity index (χ0n) is 11.0. The van der Waals surface area contributed by atoms with Crippen LogP contribution in [-0.4, -0.2) is 29.1 Å². The van der Waals surface area contributed by atoms with Gasteiger partial charge in [-0.3, -0.25) is 4.79 Å². The molecule has 1 aromatic carbocycles. The number of benzene rings is 1. The molecule has 0 radical (unpaired) electrons. The minimum Gasteiger partial charge on any atom is -0.482 e. The van der Waals surface area contributed by atoms with Crippen LogP contribution in [0, 0.1) is 0 Å². The minimum absolute atomic E-state index is 0.188. The van der Waals surface area contributed by atoms with E-state index in [1.807, 2.05) is 0 Å². The van der Waals surface area contributed by atoms with Gasteiger partial charge in [-0.2, -0.15) is 0 Å². The van der Waals surface area contributed by atoms with Crippen LogP contribution >= 0.6 is 0 Å². The largest absolute Gasteiger partial charge is 0.482 e. The average Bonchev–Trinajstić information content (AvgIpc) is 2.24. The summed E-state index contributed by atoms with van der Waals surface area (Å²) in [5, 5.41) is 11.2. The molecule has 19 heavy (non-hydrogen) atoms. The van der Waals surface area contributed by atoms with Gasteiger partial charge in [0.05, 0.1) is 0 Å². The first-order valence-electron chi connectivity index (χ1n) is 5.80. The zero-order valence-corrected chi connectivity index (χ0v) is 11.0. The van der Waals surface area contributed by atoms with Gasteiger partial charge < -0.3 is 20.9 Å². The van der Waals surface area contributed by atoms with Crippen LogP contribution in [0.25, 0.3) is 0 Å². The number of carbonyl (C=O) groups excluding carboxylic acids is 1. The number of carboxylic acids is 1. The molecule has 4 N–H and O–H groups in total. The fourth-order valence-electron chi connectivity index (χ4n) is 1.43. The maximum Gasteiger partial charge on any atom is 0.341 e. The number of nitrogens with one attached hydrogen (secondary N) is 1. The highest BCUT2D eigenvalue weighted by molar-refractivity contribution is 5.91. The number of carbonyl (C=O) groups is 2. The Morgan fingerprint density at radius 3 is 2.68 bits per heavy atom. The molecule has 1 rings (SSSR count). The smallest absolute Gasteiger partial charge is 0.341 e. The van der Waals surface area contributed by atoms with Gasteiger partial charge in [0, 0.05) is 23.7 Å². The fourth-order valence-corrected chi connectivity index (χ4v) is 1.43. The van der Waals surface area contributed by atoms with Gasteiger partial charge in [-0.1, -0.05) is 6.07 Å². The lowest BCUT2D eigenvalue weighted by atomic mass is 10.0. The van der Waals surface area contributed by atoms with Crippen molar-refractivity contribution in [3.05, 3.63) is 24.3 Å². The number of hydrogen-bond donors (Lipinski definition) is 3. The second kappa shape index (κ2) is 6.19. The highest BCUT2D eigenvalue weighted by Gasteiger charge is 2.16. The maximum absolute atomic E-state index is 11.7. The van der Waals surface area contributed by atoms with Crippen LogP contribution in [0.5, 0.6) is 5.75 Å². The van der Waals surface area contributed by atoms with Crippen molar-refractivity contribution in [3.8, 4) is 5.75 Å². The summed E-state index contributed by atoms with van der Waals surface area (Å²) >= 11 is 0. The number of anilines is 1. The van der Waals surface area contributed by atoms with Gasteiger partial charge in [0.25, 0.3) is 0 Å². The van der Waals surface area contributed by atoms with Crippen molar-refractivity contribution in [3.63, 3.8) is 0 Å². The van der Waals surface area contributed by atoms with E-state index in [9.17, 15) is 9.59 Å². The van der Waals surface area contributed by atoms with Gasteiger partial charge in [-0.15, -0.1) is 0 Å². The molecule has 0 aliphatic heterocycles. The molecular weight excluding hydrogens is 248 g/mol. The predicted octanol–water partition coefficient (Wildman–Crippen LogP) is 1.22. The standard InChI is InChI=1S/C13H18N2O4/c1-13(2,14)7-11(16)15-9-4-3-5-10(6-9)19-8-12(17)18/h3-6H,7-8,14H2,1-2H3,(H,15,16)(H,17,18). The van der Waals surface area contributed by atoms with Crippen molar-refractivity contribution < 1.29 is 19.4 Å². The van der Waals surface area contributed by atoms with E-state index < -0.39 is 18.1 Å². The number of ether oxygens (including phenoxy) is 1. The normalized spacial score (nSPS) is 10.9. The third-order valence-corrected chi connectivity index (χ3v) is 2.10. The first kappa shape index (κ1) is 15.0. The molecular formula is C13H18N2O4. The molecule has 0 saturated carbocycles. The van der Waals surface area contributed by atoms with Crippen LogP contribution < -0.4 is 15.8 Å². The summed E-state index contributed by atoms with van der Waals surface area (Å²) in [6.45, 7) is 3.10. The van der Waals surface area contributed by atoms with Crippen molar-refractivity contribution in [2.45, 2.75) is 25.8 Å². The highest BCUT2D eigenvalue weighted by atomic mass is 16.5. The number of aliphatic carboxylic acids is 1. The van der Waals surface area contributed by atoms with Crippen molar-refractivity contribution in [2.75, 3.05) is 11.9 Å². The van der Waals surface area contributed by atoms with Gasteiger partial charge in [-0.25, -0.2) is 4.79 Å². The van der Waals surface area contributed by atoms with E-state index in [-0.39, 0.29) is 12.3 Å². The quantitative estimate of drug-likeness (QED) is 0.718. The molecule has 0 unspecified atom stereocenters. The van der Waals surface area contributed by atoms with Crippen LogP contribution in [0.4, 0.5) is 5.69 Å². The topological polar surface area (TPSA) is 102 Å². The second-order valence-electron chi connectivity index (χ2n) is 4.92. The van der Waals surface area contributed by atoms with E-state index in [2.05, 4.69) is 5.32 Å². The lowest BCUT2D eigenvalue weighted by Gasteiger charge is -2.17. The molecule has 1 amide bonds. The Balaban J connectivity index is 2.61. The third kappa shape index (κ3) is 6.42. The summed E-state index contributed by atoms with van der Waals surface area (Å²) in [5.74, 6) is -0.880. The monoisotopic (exact) mass is 266 g/mol. The van der Waals surface area contributed by atoms with Crippen molar-refractivity contribution in [2.24, 2.45) is 5.73 Å². The van der Waals surface area contributed by atoms with Gasteiger partial charge in [0.15, 0.2) is 6.61 Å². The Labute approximate surface area is 111 Å². The second-order valence-corrected chi connectivity index (χ2v) is 4.92. The molecule has 1 aromatic rings. The van der Waals surface area contributed by atoms with Crippen molar-refractivity contribution in [1.29, 1.82) is 0 Å². The number of hydrogen-bond acceptors (Lipinski definition) is 4. The summed E-state index contributed by atoms with van der Waals surface area (Å²) < 4.78 is 5.02. The van der Waals surface area contributed by atoms with E-state index in [1.54, 1.807) is 38.1 Å². The summed E-state index contributed by atoms with van der Waals surface area (Å²) in [6, 6.07) is 6.53. The predicted molar refractivity (Wildman–Crippen MR) is 71.1 cm³/mol. The first-order chi connectivity index (χ1) is 8.76. The summed E-state index contributed by atoms with van der Waals surface area (Å²) in [6.07, 6.45) is 0.188. The lowest BCUT2D eigenvalue weighted by molar-refractivity contribution is -0.139. The van der Waals surface area contributed by atoms with E-state index in [4.69, 9.17) is 15.6 Å². The van der Waals surface area contributed by atoms with E-state index in [0.29, 0.717) is 11.4 Å². The Morgan fingerprint density at radius 1 is 1.42 bits per heavy atom. The van der Waals surface area contributed by atoms with E-state index >= 15 is 0 Å². The SMILES string of the molecule is CC(C)(N)CC(=O)Nc1cccc(OCC(=O)O)c1. The maximum atomic E-state index is 11.7. The molecule has 0 spiro atoms. The Bertz CT molecular complexity index is 466. The molecule has 0 bridgehead atoms. The van der Waals surface area contributed by atoms with Crippen LogP contribution in [0.2, 0.25) is 0 Å². The van der Waals surface area contributed by atoms with Gasteiger partial charge in [0.1, 0.15) is 5.75 Å². The molecule has 0 fully saturated rings. The molecule has 0 aliphatic rings. The molecule has 0 heterocycles. The third-order valence-electron chi connectivity index (χ3n) is 2.10. The van der Waals surface area contributed by atoms with Gasteiger partial charge >= 0.3 is 5.97 Å². The lowest BCUT2D eigenvalue weighted by Crippen LogP contribution is -2.36. The van der Waals surface area contributed by atoms with Gasteiger partial charge in [-0.05, 0) is 26.0 Å². The summed E-state index contributed by atoms with van der Waals surface area (Å²) in [4.78, 5) is 22.1. The number of carboxylic acid groups (broad SMARTS) is 1. The van der Waals surface area contributed by atoms with Crippen molar-refractivity contribution >= 4 is 17.6 Å². The number of amides is 1. The van der Waals surface area contributed by atoms with Crippen LogP contribution in [0.15, 0.2) is 24.3 Å². The number of nitrogens with two attached hydrogens (primary N) is 1. The Kier molecular flexibility index (Phi) is 4.88. The fraction of sp³-hybridized carbons (Fsp3) is 0.385. The molecule has 104 valence electrons. The molecule has 0 atom stereocenters. The van der Waals surface area contributed by atoms with Gasteiger partial charge in [0.2, 0.25) is 5.91 Å². The summed E-state index contributed by atoms with van der Waals surface area (Å²) in [7, 11) is 0. The summed E-state index contributed by atoms with van der Waals surface area (Å²) in [5.41, 5.74) is 5.71. The van der Waals surface area contributed by atoms with Crippen LogP contribution in [0.1, 0.15) is 20.3 Å². The minimum atomic E-state index is -1.06. The number of rotatable bonds is 6. The Morgan fingerprint density at radius 2 is 2.11 bits per heavy atom. The highest BCUT2D eigenvalue weighted by Crippen LogP contribution is 2.18. The van der Waals surface area contributed by atoms with E-state index in [1.165, 1.54) is 0 Å². The average molecular weight is 266 g/mol. The van der Waals surface area contributed by atoms with Crippen LogP contribution in [-0.2, 0) is 9.59 Å². The molecule has 0 aliphatic carbocycles. The molecule has 6 nitrogen and oxygen atoms in total. The van der Waals surface area contributed by atoms with E-state index in [0.717, 1.165) is 0 Å². The molecule has 0 saturated heterocycles. The molecule has 6 heteroatoms. The Hall–Kier alpha value is -2.08. The van der Waals surface area contributed by atoms with Crippen molar-refractivity contribution in [1.82, 2.24) is 0 Å². The van der Waals surface area contributed by atoms with Crippen LogP contribution in [0.3, 0.4) is 0 Å². The first-order valence-corrected chi connectivity index (χ1v) is 5.80.